The highest BCUT2D eigenvalue weighted by Crippen LogP contribution is 2.26. The molecule has 1 heterocycles. The standard InChI is InChI=1S/C17H25NO2/c1-4-14-7-6-8-15(13-14)16(19)17(3,5-2)18-9-11-20-12-10-18/h6-8,13H,4-5,9-12H2,1-3H3. The summed E-state index contributed by atoms with van der Waals surface area (Å²) in [5, 5.41) is 0. The number of benzene rings is 1. The van der Waals surface area contributed by atoms with Crippen LogP contribution in [0.3, 0.4) is 0 Å². The van der Waals surface area contributed by atoms with Gasteiger partial charge in [0.25, 0.3) is 0 Å². The second-order valence-electron chi connectivity index (χ2n) is 5.61. The zero-order valence-electron chi connectivity index (χ0n) is 12.8. The van der Waals surface area contributed by atoms with E-state index in [2.05, 4.69) is 31.7 Å². The highest BCUT2D eigenvalue weighted by molar-refractivity contribution is 6.03. The summed E-state index contributed by atoms with van der Waals surface area (Å²) < 4.78 is 5.41. The van der Waals surface area contributed by atoms with Gasteiger partial charge in [0.1, 0.15) is 0 Å². The van der Waals surface area contributed by atoms with Gasteiger partial charge in [-0.2, -0.15) is 0 Å². The number of carbonyl (C=O) groups is 1. The molecule has 110 valence electrons. The van der Waals surface area contributed by atoms with Crippen molar-refractivity contribution in [2.24, 2.45) is 0 Å². The molecule has 0 aromatic heterocycles. The van der Waals surface area contributed by atoms with Crippen molar-refractivity contribution in [3.8, 4) is 0 Å². The lowest BCUT2D eigenvalue weighted by molar-refractivity contribution is -0.0106. The van der Waals surface area contributed by atoms with Crippen LogP contribution in [-0.2, 0) is 11.2 Å². The number of carbonyl (C=O) groups excluding carboxylic acids is 1. The zero-order chi connectivity index (χ0) is 14.6. The molecule has 1 aromatic rings. The number of ketones is 1. The average Bonchev–Trinajstić information content (AvgIpc) is 2.54. The van der Waals surface area contributed by atoms with Crippen LogP contribution >= 0.6 is 0 Å². The van der Waals surface area contributed by atoms with Crippen molar-refractivity contribution in [2.75, 3.05) is 26.3 Å². The topological polar surface area (TPSA) is 29.5 Å². The third-order valence-corrected chi connectivity index (χ3v) is 4.48. The van der Waals surface area contributed by atoms with E-state index in [1.165, 1.54) is 5.56 Å². The summed E-state index contributed by atoms with van der Waals surface area (Å²) in [6, 6.07) is 8.04. The number of ether oxygens (including phenoxy) is 1. The summed E-state index contributed by atoms with van der Waals surface area (Å²) in [7, 11) is 0. The van der Waals surface area contributed by atoms with Crippen LogP contribution in [0.2, 0.25) is 0 Å². The molecule has 0 radical (unpaired) electrons. The summed E-state index contributed by atoms with van der Waals surface area (Å²) in [5.74, 6) is 0.234. The Morgan fingerprint density at radius 2 is 2.00 bits per heavy atom. The maximum Gasteiger partial charge on any atom is 0.182 e. The van der Waals surface area contributed by atoms with Crippen LogP contribution in [0.5, 0.6) is 0 Å². The SMILES string of the molecule is CCc1cccc(C(=O)C(C)(CC)N2CCOCC2)c1. The second-order valence-corrected chi connectivity index (χ2v) is 5.61. The molecule has 1 unspecified atom stereocenters. The second kappa shape index (κ2) is 6.51. The maximum absolute atomic E-state index is 13.0. The van der Waals surface area contributed by atoms with Crippen LogP contribution in [0.25, 0.3) is 0 Å². The van der Waals surface area contributed by atoms with Gasteiger partial charge in [-0.25, -0.2) is 0 Å². The number of aryl methyl sites for hydroxylation is 1. The summed E-state index contributed by atoms with van der Waals surface area (Å²) in [6.45, 7) is 9.39. The molecular formula is C17H25NO2. The number of hydrogen-bond donors (Lipinski definition) is 0. The van der Waals surface area contributed by atoms with Crippen molar-refractivity contribution in [1.29, 1.82) is 0 Å². The maximum atomic E-state index is 13.0. The number of nitrogens with zero attached hydrogens (tertiary/aromatic N) is 1. The van der Waals surface area contributed by atoms with E-state index in [4.69, 9.17) is 4.74 Å². The fourth-order valence-electron chi connectivity index (χ4n) is 2.83. The zero-order valence-corrected chi connectivity index (χ0v) is 12.8. The largest absolute Gasteiger partial charge is 0.379 e. The highest BCUT2D eigenvalue weighted by atomic mass is 16.5. The van der Waals surface area contributed by atoms with Crippen LogP contribution in [-0.4, -0.2) is 42.5 Å². The molecule has 1 aliphatic rings. The van der Waals surface area contributed by atoms with Crippen molar-refractivity contribution in [1.82, 2.24) is 4.90 Å². The Balaban J connectivity index is 2.26. The van der Waals surface area contributed by atoms with Crippen LogP contribution < -0.4 is 0 Å². The van der Waals surface area contributed by atoms with Crippen molar-refractivity contribution in [3.63, 3.8) is 0 Å². The van der Waals surface area contributed by atoms with Gasteiger partial charge < -0.3 is 4.74 Å². The first-order chi connectivity index (χ1) is 9.61. The molecule has 1 aromatic carbocycles. The quantitative estimate of drug-likeness (QED) is 0.774. The van der Waals surface area contributed by atoms with Gasteiger partial charge in [-0.15, -0.1) is 0 Å². The lowest BCUT2D eigenvalue weighted by Gasteiger charge is -2.41. The molecule has 0 bridgehead atoms. The van der Waals surface area contributed by atoms with E-state index in [0.29, 0.717) is 0 Å². The lowest BCUT2D eigenvalue weighted by atomic mass is 9.86. The Kier molecular flexibility index (Phi) is 4.95. The van der Waals surface area contributed by atoms with Crippen LogP contribution in [0, 0.1) is 0 Å². The van der Waals surface area contributed by atoms with Crippen molar-refractivity contribution in [2.45, 2.75) is 39.2 Å². The molecule has 3 nitrogen and oxygen atoms in total. The Morgan fingerprint density at radius 3 is 2.60 bits per heavy atom. The number of Topliss-reactive ketones (excluding diaryl/α,β-unsaturated/α-hetero) is 1. The molecule has 0 spiro atoms. The molecule has 1 atom stereocenters. The van der Waals surface area contributed by atoms with E-state index in [1.807, 2.05) is 18.2 Å². The van der Waals surface area contributed by atoms with E-state index < -0.39 is 5.54 Å². The first-order valence-corrected chi connectivity index (χ1v) is 7.58. The van der Waals surface area contributed by atoms with Gasteiger partial charge in [0.15, 0.2) is 5.78 Å². The highest BCUT2D eigenvalue weighted by Gasteiger charge is 2.38. The number of hydrogen-bond acceptors (Lipinski definition) is 3. The molecule has 0 amide bonds. The average molecular weight is 275 g/mol. The fourth-order valence-corrected chi connectivity index (χ4v) is 2.83. The van der Waals surface area contributed by atoms with Crippen molar-refractivity contribution in [3.05, 3.63) is 35.4 Å². The Morgan fingerprint density at radius 1 is 1.30 bits per heavy atom. The predicted molar refractivity (Wildman–Crippen MR) is 81.2 cm³/mol. The van der Waals surface area contributed by atoms with Crippen LogP contribution in [0.15, 0.2) is 24.3 Å². The van der Waals surface area contributed by atoms with Gasteiger partial charge in [-0.1, -0.05) is 32.0 Å². The first-order valence-electron chi connectivity index (χ1n) is 7.58. The molecule has 2 rings (SSSR count). The monoisotopic (exact) mass is 275 g/mol. The Labute approximate surface area is 121 Å². The lowest BCUT2D eigenvalue weighted by Crippen LogP contribution is -2.56. The van der Waals surface area contributed by atoms with Gasteiger partial charge >= 0.3 is 0 Å². The Hall–Kier alpha value is -1.19. The summed E-state index contributed by atoms with van der Waals surface area (Å²) >= 11 is 0. The molecule has 1 saturated heterocycles. The Bertz CT molecular complexity index is 466. The van der Waals surface area contributed by atoms with Gasteiger partial charge in [0.2, 0.25) is 0 Å². The van der Waals surface area contributed by atoms with Crippen molar-refractivity contribution < 1.29 is 9.53 Å². The molecule has 1 fully saturated rings. The van der Waals surface area contributed by atoms with E-state index >= 15 is 0 Å². The molecule has 0 saturated carbocycles. The molecule has 20 heavy (non-hydrogen) atoms. The van der Waals surface area contributed by atoms with E-state index in [0.717, 1.165) is 44.7 Å². The van der Waals surface area contributed by atoms with E-state index in [1.54, 1.807) is 0 Å². The smallest absolute Gasteiger partial charge is 0.182 e. The van der Waals surface area contributed by atoms with E-state index in [-0.39, 0.29) is 5.78 Å². The first kappa shape index (κ1) is 15.2. The molecule has 1 aliphatic heterocycles. The minimum absolute atomic E-state index is 0.234. The van der Waals surface area contributed by atoms with E-state index in [9.17, 15) is 4.79 Å². The minimum atomic E-state index is -0.420. The molecule has 0 aliphatic carbocycles. The fraction of sp³-hybridized carbons (Fsp3) is 0.588. The summed E-state index contributed by atoms with van der Waals surface area (Å²) in [5.41, 5.74) is 1.63. The van der Waals surface area contributed by atoms with Crippen LogP contribution in [0.1, 0.15) is 43.1 Å². The van der Waals surface area contributed by atoms with Crippen LogP contribution in [0.4, 0.5) is 0 Å². The van der Waals surface area contributed by atoms with Gasteiger partial charge in [0.05, 0.1) is 18.8 Å². The van der Waals surface area contributed by atoms with Gasteiger partial charge in [-0.05, 0) is 31.4 Å². The molecular weight excluding hydrogens is 250 g/mol. The van der Waals surface area contributed by atoms with Gasteiger partial charge in [-0.3, -0.25) is 9.69 Å². The number of rotatable bonds is 5. The summed E-state index contributed by atoms with van der Waals surface area (Å²) in [4.78, 5) is 15.3. The van der Waals surface area contributed by atoms with Gasteiger partial charge in [0, 0.05) is 18.7 Å². The molecule has 0 N–H and O–H groups in total. The number of morpholine rings is 1. The summed E-state index contributed by atoms with van der Waals surface area (Å²) in [6.07, 6.45) is 1.78. The third-order valence-electron chi connectivity index (χ3n) is 4.48. The predicted octanol–water partition coefficient (Wildman–Crippen LogP) is 2.93. The minimum Gasteiger partial charge on any atom is -0.379 e. The third kappa shape index (κ3) is 2.94. The van der Waals surface area contributed by atoms with Crippen molar-refractivity contribution >= 4 is 5.78 Å². The normalized spacial score (nSPS) is 19.6. The molecule has 3 heteroatoms.